The molecule has 1 amide bonds. The van der Waals surface area contributed by atoms with Crippen LogP contribution in [0.25, 0.3) is 11.0 Å². The molecule has 0 bridgehead atoms. The molecule has 0 aliphatic rings. The van der Waals surface area contributed by atoms with Crippen LogP contribution in [0, 0.1) is 0 Å². The van der Waals surface area contributed by atoms with Crippen molar-refractivity contribution in [3.05, 3.63) is 36.0 Å². The Balaban J connectivity index is 1.65. The second kappa shape index (κ2) is 13.0. The van der Waals surface area contributed by atoms with Crippen molar-refractivity contribution in [1.82, 2.24) is 29.4 Å². The summed E-state index contributed by atoms with van der Waals surface area (Å²) in [6.45, 7) is 8.87. The SMILES string of the molecule is CCOCCNc1nc(SC)nc2c1cnn2CCNC(=O)c1ccc(S(=O)(=O)N(CC)CC)cc1. The molecule has 2 N–H and O–H groups in total. The number of rotatable bonds is 14. The third-order valence-electron chi connectivity index (χ3n) is 5.47. The van der Waals surface area contributed by atoms with Crippen LogP contribution in [-0.2, 0) is 21.3 Å². The molecule has 0 spiro atoms. The smallest absolute Gasteiger partial charge is 0.251 e. The quantitative estimate of drug-likeness (QED) is 0.181. The van der Waals surface area contributed by atoms with E-state index in [0.29, 0.717) is 68.1 Å². The number of hydrogen-bond donors (Lipinski definition) is 2. The van der Waals surface area contributed by atoms with Crippen LogP contribution in [0.3, 0.4) is 0 Å². The molecule has 0 unspecified atom stereocenters. The van der Waals surface area contributed by atoms with E-state index < -0.39 is 10.0 Å². The molecule has 0 saturated carbocycles. The van der Waals surface area contributed by atoms with Crippen molar-refractivity contribution >= 4 is 44.5 Å². The summed E-state index contributed by atoms with van der Waals surface area (Å²) in [5, 5.41) is 12.0. The van der Waals surface area contributed by atoms with E-state index in [2.05, 4.69) is 25.7 Å². The second-order valence-electron chi connectivity index (χ2n) is 7.66. The first-order valence-electron chi connectivity index (χ1n) is 11.8. The molecule has 3 aromatic rings. The minimum atomic E-state index is -3.57. The van der Waals surface area contributed by atoms with Gasteiger partial charge in [0.15, 0.2) is 10.8 Å². The molecule has 0 saturated heterocycles. The lowest BCUT2D eigenvalue weighted by Crippen LogP contribution is -2.31. The van der Waals surface area contributed by atoms with Gasteiger partial charge in [0, 0.05) is 38.3 Å². The maximum absolute atomic E-state index is 12.6. The summed E-state index contributed by atoms with van der Waals surface area (Å²) in [5.74, 6) is 0.398. The number of hydrogen-bond acceptors (Lipinski definition) is 9. The van der Waals surface area contributed by atoms with E-state index in [9.17, 15) is 13.2 Å². The Kier molecular flexibility index (Phi) is 10.0. The first-order chi connectivity index (χ1) is 17.3. The average Bonchev–Trinajstić information content (AvgIpc) is 3.30. The van der Waals surface area contributed by atoms with E-state index in [4.69, 9.17) is 4.74 Å². The number of ether oxygens (including phenoxy) is 1. The summed E-state index contributed by atoms with van der Waals surface area (Å²) < 4.78 is 33.8. The molecule has 196 valence electrons. The average molecular weight is 536 g/mol. The number of carbonyl (C=O) groups excluding carboxylic acids is 1. The van der Waals surface area contributed by atoms with Crippen LogP contribution in [0.4, 0.5) is 5.82 Å². The molecular formula is C23H33N7O4S2. The highest BCUT2D eigenvalue weighted by molar-refractivity contribution is 7.98. The predicted molar refractivity (Wildman–Crippen MR) is 141 cm³/mol. The topological polar surface area (TPSA) is 131 Å². The van der Waals surface area contributed by atoms with Gasteiger partial charge >= 0.3 is 0 Å². The van der Waals surface area contributed by atoms with Gasteiger partial charge in [0.25, 0.3) is 5.91 Å². The largest absolute Gasteiger partial charge is 0.380 e. The molecule has 3 rings (SSSR count). The van der Waals surface area contributed by atoms with Crippen molar-refractivity contribution in [3.8, 4) is 0 Å². The van der Waals surface area contributed by atoms with Gasteiger partial charge < -0.3 is 15.4 Å². The Morgan fingerprint density at radius 1 is 1.11 bits per heavy atom. The van der Waals surface area contributed by atoms with Gasteiger partial charge in [-0.15, -0.1) is 0 Å². The van der Waals surface area contributed by atoms with E-state index in [-0.39, 0.29) is 10.8 Å². The summed E-state index contributed by atoms with van der Waals surface area (Å²) >= 11 is 1.44. The molecule has 13 heteroatoms. The summed E-state index contributed by atoms with van der Waals surface area (Å²) in [5.41, 5.74) is 1.06. The van der Waals surface area contributed by atoms with Gasteiger partial charge in [-0.1, -0.05) is 25.6 Å². The zero-order valence-corrected chi connectivity index (χ0v) is 22.7. The van der Waals surface area contributed by atoms with Crippen LogP contribution in [0.15, 0.2) is 40.5 Å². The van der Waals surface area contributed by atoms with Gasteiger partial charge in [0.1, 0.15) is 5.82 Å². The fourth-order valence-electron chi connectivity index (χ4n) is 3.58. The minimum Gasteiger partial charge on any atom is -0.380 e. The standard InChI is InChI=1S/C23H33N7O4S2/c1-5-29(6-2)36(32,33)18-10-8-17(9-11-18)22(31)25-12-14-30-21-19(16-26-30)20(24-13-15-34-7-3)27-23(28-21)35-4/h8-11,16H,5-7,12-15H2,1-4H3,(H,25,31)(H,24,27,28). The first kappa shape index (κ1) is 27.8. The molecule has 0 aliphatic carbocycles. The maximum atomic E-state index is 12.6. The predicted octanol–water partition coefficient (Wildman–Crippen LogP) is 2.46. The van der Waals surface area contributed by atoms with Crippen LogP contribution in [0.1, 0.15) is 31.1 Å². The Labute approximate surface area is 216 Å². The highest BCUT2D eigenvalue weighted by atomic mass is 32.2. The highest BCUT2D eigenvalue weighted by Crippen LogP contribution is 2.23. The van der Waals surface area contributed by atoms with E-state index >= 15 is 0 Å². The lowest BCUT2D eigenvalue weighted by atomic mass is 10.2. The minimum absolute atomic E-state index is 0.167. The Hall–Kier alpha value is -2.74. The fraction of sp³-hybridized carbons (Fsp3) is 0.478. The monoisotopic (exact) mass is 535 g/mol. The highest BCUT2D eigenvalue weighted by Gasteiger charge is 2.21. The fourth-order valence-corrected chi connectivity index (χ4v) is 5.40. The number of nitrogens with one attached hydrogen (secondary N) is 2. The number of aromatic nitrogens is 4. The molecule has 36 heavy (non-hydrogen) atoms. The normalized spacial score (nSPS) is 11.8. The van der Waals surface area contributed by atoms with Crippen molar-refractivity contribution in [2.24, 2.45) is 0 Å². The first-order valence-corrected chi connectivity index (χ1v) is 14.5. The van der Waals surface area contributed by atoms with Crippen LogP contribution >= 0.6 is 11.8 Å². The molecule has 1 aromatic carbocycles. The van der Waals surface area contributed by atoms with Gasteiger partial charge in [0.05, 0.1) is 29.6 Å². The maximum Gasteiger partial charge on any atom is 0.251 e. The lowest BCUT2D eigenvalue weighted by Gasteiger charge is -2.18. The van der Waals surface area contributed by atoms with Crippen LogP contribution < -0.4 is 10.6 Å². The van der Waals surface area contributed by atoms with Crippen molar-refractivity contribution < 1.29 is 17.9 Å². The number of sulfonamides is 1. The third kappa shape index (κ3) is 6.52. The summed E-state index contributed by atoms with van der Waals surface area (Å²) in [7, 11) is -3.57. The Morgan fingerprint density at radius 2 is 1.83 bits per heavy atom. The van der Waals surface area contributed by atoms with E-state index in [1.807, 2.05) is 13.2 Å². The molecule has 11 nitrogen and oxygen atoms in total. The van der Waals surface area contributed by atoms with Gasteiger partial charge in [-0.25, -0.2) is 23.1 Å². The van der Waals surface area contributed by atoms with E-state index in [1.54, 1.807) is 24.7 Å². The molecule has 2 heterocycles. The van der Waals surface area contributed by atoms with E-state index in [1.165, 1.54) is 40.3 Å². The number of anilines is 1. The number of benzene rings is 1. The molecule has 0 aliphatic heterocycles. The van der Waals surface area contributed by atoms with E-state index in [0.717, 1.165) is 5.39 Å². The molecule has 0 fully saturated rings. The van der Waals surface area contributed by atoms with Gasteiger partial charge in [-0.3, -0.25) is 4.79 Å². The van der Waals surface area contributed by atoms with Crippen LogP contribution in [0.2, 0.25) is 0 Å². The summed E-state index contributed by atoms with van der Waals surface area (Å²) in [6, 6.07) is 5.97. The van der Waals surface area contributed by atoms with Gasteiger partial charge in [0.2, 0.25) is 10.0 Å². The zero-order chi connectivity index (χ0) is 26.1. The number of thioether (sulfide) groups is 1. The second-order valence-corrected chi connectivity index (χ2v) is 10.4. The van der Waals surface area contributed by atoms with Crippen LogP contribution in [-0.4, -0.2) is 84.0 Å². The number of amides is 1. The molecule has 0 radical (unpaired) electrons. The Bertz CT molecular complexity index is 1260. The van der Waals surface area contributed by atoms with Gasteiger partial charge in [-0.05, 0) is 37.4 Å². The van der Waals surface area contributed by atoms with Crippen LogP contribution in [0.5, 0.6) is 0 Å². The number of nitrogens with zero attached hydrogens (tertiary/aromatic N) is 5. The van der Waals surface area contributed by atoms with Crippen molar-refractivity contribution in [2.75, 3.05) is 51.0 Å². The van der Waals surface area contributed by atoms with Crippen molar-refractivity contribution in [1.29, 1.82) is 0 Å². The van der Waals surface area contributed by atoms with Crippen molar-refractivity contribution in [2.45, 2.75) is 37.4 Å². The number of fused-ring (bicyclic) bond motifs is 1. The lowest BCUT2D eigenvalue weighted by molar-refractivity contribution is 0.0952. The van der Waals surface area contributed by atoms with Gasteiger partial charge in [-0.2, -0.15) is 9.40 Å². The summed E-state index contributed by atoms with van der Waals surface area (Å²) in [4.78, 5) is 21.9. The van der Waals surface area contributed by atoms with Crippen molar-refractivity contribution in [3.63, 3.8) is 0 Å². The number of carbonyl (C=O) groups is 1. The zero-order valence-electron chi connectivity index (χ0n) is 21.0. The molecular weight excluding hydrogens is 502 g/mol. The Morgan fingerprint density at radius 3 is 2.47 bits per heavy atom. The molecule has 2 aromatic heterocycles. The third-order valence-corrected chi connectivity index (χ3v) is 8.08. The molecule has 0 atom stereocenters. The summed E-state index contributed by atoms with van der Waals surface area (Å²) in [6.07, 6.45) is 3.62.